The summed E-state index contributed by atoms with van der Waals surface area (Å²) >= 11 is 0. The molecule has 21 heavy (non-hydrogen) atoms. The fourth-order valence-corrected chi connectivity index (χ4v) is 2.11. The van der Waals surface area contributed by atoms with Crippen LogP contribution >= 0.6 is 0 Å². The van der Waals surface area contributed by atoms with E-state index in [4.69, 9.17) is 10.9 Å². The van der Waals surface area contributed by atoms with E-state index in [1.807, 2.05) is 24.0 Å². The lowest BCUT2D eigenvalue weighted by atomic mass is 10.1. The molecule has 0 fully saturated rings. The molecule has 0 amide bonds. The molecule has 6 heteroatoms. The molecular weight excluding hydrogens is 271 g/mol. The van der Waals surface area contributed by atoms with Gasteiger partial charge in [0.2, 0.25) is 0 Å². The van der Waals surface area contributed by atoms with E-state index in [0.29, 0.717) is 18.8 Å². The average molecular weight is 288 g/mol. The fraction of sp³-hybridized carbons (Fsp3) is 0.200. The second-order valence-corrected chi connectivity index (χ2v) is 4.49. The molecule has 0 bridgehead atoms. The standard InChI is InChI=1S/C15H17FN4O/c1-2-20(13-7-3-6-12(16)9-13)10-11-5-4-8-18-14(11)15(17)19-21/h3-9,21H,2,10H2,1H3,(H2,17,19). The molecule has 1 heterocycles. The number of nitrogens with two attached hydrogens (primary N) is 1. The Morgan fingerprint density at radius 2 is 2.19 bits per heavy atom. The normalized spacial score (nSPS) is 11.4. The molecule has 110 valence electrons. The van der Waals surface area contributed by atoms with Gasteiger partial charge in [-0.2, -0.15) is 0 Å². The van der Waals surface area contributed by atoms with Gasteiger partial charge in [-0.05, 0) is 31.2 Å². The van der Waals surface area contributed by atoms with Gasteiger partial charge in [0.25, 0.3) is 0 Å². The minimum absolute atomic E-state index is 0.0408. The quantitative estimate of drug-likeness (QED) is 0.383. The molecule has 0 aliphatic heterocycles. The van der Waals surface area contributed by atoms with Crippen molar-refractivity contribution in [1.29, 1.82) is 0 Å². The third kappa shape index (κ3) is 3.47. The van der Waals surface area contributed by atoms with Crippen LogP contribution in [0.1, 0.15) is 18.2 Å². The Morgan fingerprint density at radius 1 is 1.38 bits per heavy atom. The summed E-state index contributed by atoms with van der Waals surface area (Å²) in [6.07, 6.45) is 1.58. The molecule has 0 saturated carbocycles. The summed E-state index contributed by atoms with van der Waals surface area (Å²) in [5, 5.41) is 11.8. The zero-order valence-corrected chi connectivity index (χ0v) is 11.7. The molecule has 0 aliphatic carbocycles. The Hall–Kier alpha value is -2.63. The SMILES string of the molecule is CCN(Cc1cccnc1C(N)=NO)c1cccc(F)c1. The third-order valence-electron chi connectivity index (χ3n) is 3.16. The minimum Gasteiger partial charge on any atom is -0.409 e. The lowest BCUT2D eigenvalue weighted by molar-refractivity contribution is 0.318. The molecule has 5 nitrogen and oxygen atoms in total. The van der Waals surface area contributed by atoms with Gasteiger partial charge in [-0.1, -0.05) is 17.3 Å². The maximum Gasteiger partial charge on any atom is 0.189 e. The zero-order chi connectivity index (χ0) is 15.2. The van der Waals surface area contributed by atoms with Crippen LogP contribution in [0.5, 0.6) is 0 Å². The highest BCUT2D eigenvalue weighted by Crippen LogP contribution is 2.19. The number of rotatable bonds is 5. The molecule has 2 aromatic rings. The summed E-state index contributed by atoms with van der Waals surface area (Å²) in [4.78, 5) is 6.11. The first kappa shape index (κ1) is 14.8. The third-order valence-corrected chi connectivity index (χ3v) is 3.16. The number of benzene rings is 1. The lowest BCUT2D eigenvalue weighted by Gasteiger charge is -2.24. The number of hydrogen-bond donors (Lipinski definition) is 2. The van der Waals surface area contributed by atoms with E-state index in [1.54, 1.807) is 18.3 Å². The number of aromatic nitrogens is 1. The van der Waals surface area contributed by atoms with Crippen molar-refractivity contribution in [2.45, 2.75) is 13.5 Å². The van der Waals surface area contributed by atoms with Crippen molar-refractivity contribution >= 4 is 11.5 Å². The molecule has 0 aliphatic rings. The van der Waals surface area contributed by atoms with Crippen LogP contribution in [0.4, 0.5) is 10.1 Å². The van der Waals surface area contributed by atoms with Crippen molar-refractivity contribution in [2.75, 3.05) is 11.4 Å². The van der Waals surface area contributed by atoms with Crippen LogP contribution in [0.15, 0.2) is 47.8 Å². The monoisotopic (exact) mass is 288 g/mol. The predicted octanol–water partition coefficient (Wildman–Crippen LogP) is 2.34. The van der Waals surface area contributed by atoms with Crippen molar-refractivity contribution in [2.24, 2.45) is 10.9 Å². The first-order chi connectivity index (χ1) is 10.2. The van der Waals surface area contributed by atoms with E-state index in [1.165, 1.54) is 12.1 Å². The van der Waals surface area contributed by atoms with Crippen molar-refractivity contribution in [3.63, 3.8) is 0 Å². The Labute approximate surface area is 122 Å². The maximum absolute atomic E-state index is 13.4. The van der Waals surface area contributed by atoms with Crippen molar-refractivity contribution in [3.05, 3.63) is 59.7 Å². The van der Waals surface area contributed by atoms with E-state index in [0.717, 1.165) is 11.3 Å². The highest BCUT2D eigenvalue weighted by atomic mass is 19.1. The summed E-state index contributed by atoms with van der Waals surface area (Å²) in [5.74, 6) is -0.324. The zero-order valence-electron chi connectivity index (χ0n) is 11.7. The van der Waals surface area contributed by atoms with Crippen LogP contribution in [0.2, 0.25) is 0 Å². The van der Waals surface area contributed by atoms with Gasteiger partial charge in [-0.15, -0.1) is 0 Å². The molecular formula is C15H17FN4O. The summed E-state index contributed by atoms with van der Waals surface area (Å²) in [6.45, 7) is 3.15. The number of hydrogen-bond acceptors (Lipinski definition) is 4. The Morgan fingerprint density at radius 3 is 2.86 bits per heavy atom. The number of nitrogens with zero attached hydrogens (tertiary/aromatic N) is 3. The number of halogens is 1. The largest absolute Gasteiger partial charge is 0.409 e. The summed E-state index contributed by atoms with van der Waals surface area (Å²) in [6, 6.07) is 10.0. The van der Waals surface area contributed by atoms with Crippen LogP contribution < -0.4 is 10.6 Å². The molecule has 1 aromatic heterocycles. The van der Waals surface area contributed by atoms with Crippen LogP contribution in [-0.4, -0.2) is 22.6 Å². The van der Waals surface area contributed by atoms with Gasteiger partial charge in [0.05, 0.1) is 0 Å². The first-order valence-corrected chi connectivity index (χ1v) is 6.58. The second kappa shape index (κ2) is 6.69. The summed E-state index contributed by atoms with van der Waals surface area (Å²) in [7, 11) is 0. The predicted molar refractivity (Wildman–Crippen MR) is 79.9 cm³/mol. The van der Waals surface area contributed by atoms with E-state index in [-0.39, 0.29) is 11.7 Å². The van der Waals surface area contributed by atoms with Gasteiger partial charge in [0.15, 0.2) is 5.84 Å². The fourth-order valence-electron chi connectivity index (χ4n) is 2.11. The van der Waals surface area contributed by atoms with Gasteiger partial charge in [-0.3, -0.25) is 4.98 Å². The Bertz CT molecular complexity index is 645. The van der Waals surface area contributed by atoms with Crippen LogP contribution in [-0.2, 0) is 6.54 Å². The Balaban J connectivity index is 2.31. The molecule has 0 radical (unpaired) electrons. The molecule has 2 rings (SSSR count). The van der Waals surface area contributed by atoms with Gasteiger partial charge in [0, 0.05) is 30.5 Å². The van der Waals surface area contributed by atoms with E-state index in [9.17, 15) is 4.39 Å². The lowest BCUT2D eigenvalue weighted by Crippen LogP contribution is -2.25. The number of anilines is 1. The van der Waals surface area contributed by atoms with E-state index < -0.39 is 0 Å². The number of oxime groups is 1. The minimum atomic E-state index is -0.284. The van der Waals surface area contributed by atoms with E-state index >= 15 is 0 Å². The van der Waals surface area contributed by atoms with Gasteiger partial charge in [0.1, 0.15) is 11.5 Å². The maximum atomic E-state index is 13.4. The molecule has 0 spiro atoms. The number of pyridine rings is 1. The number of amidine groups is 1. The average Bonchev–Trinajstić information content (AvgIpc) is 2.52. The molecule has 1 aromatic carbocycles. The highest BCUT2D eigenvalue weighted by molar-refractivity contribution is 5.96. The molecule has 3 N–H and O–H groups in total. The highest BCUT2D eigenvalue weighted by Gasteiger charge is 2.12. The van der Waals surface area contributed by atoms with Crippen LogP contribution in [0.3, 0.4) is 0 Å². The van der Waals surface area contributed by atoms with Crippen molar-refractivity contribution in [3.8, 4) is 0 Å². The molecule has 0 atom stereocenters. The van der Waals surface area contributed by atoms with Crippen molar-refractivity contribution < 1.29 is 9.60 Å². The smallest absolute Gasteiger partial charge is 0.189 e. The second-order valence-electron chi connectivity index (χ2n) is 4.49. The van der Waals surface area contributed by atoms with Crippen molar-refractivity contribution in [1.82, 2.24) is 4.98 Å². The van der Waals surface area contributed by atoms with Gasteiger partial charge in [-0.25, -0.2) is 4.39 Å². The first-order valence-electron chi connectivity index (χ1n) is 6.58. The molecule has 0 saturated heterocycles. The van der Waals surface area contributed by atoms with Gasteiger partial charge >= 0.3 is 0 Å². The van der Waals surface area contributed by atoms with E-state index in [2.05, 4.69) is 10.1 Å². The Kier molecular flexibility index (Phi) is 4.71. The van der Waals surface area contributed by atoms with Gasteiger partial charge < -0.3 is 15.8 Å². The summed E-state index contributed by atoms with van der Waals surface area (Å²) in [5.41, 5.74) is 7.63. The van der Waals surface area contributed by atoms with Crippen LogP contribution in [0, 0.1) is 5.82 Å². The van der Waals surface area contributed by atoms with Crippen LogP contribution in [0.25, 0.3) is 0 Å². The topological polar surface area (TPSA) is 74.7 Å². The summed E-state index contributed by atoms with van der Waals surface area (Å²) < 4.78 is 13.4. The molecule has 0 unspecified atom stereocenters.